The number of rotatable bonds is 15. The van der Waals surface area contributed by atoms with Gasteiger partial charge in [-0.2, -0.15) is 0 Å². The zero-order valence-electron chi connectivity index (χ0n) is 34.2. The third-order valence-corrected chi connectivity index (χ3v) is 13.3. The molecule has 0 aromatic heterocycles. The van der Waals surface area contributed by atoms with Crippen LogP contribution in [0.5, 0.6) is 0 Å². The number of unbranched alkanes of at least 4 members (excludes halogenated alkanes) is 6. The number of allylic oxidation sites excluding steroid dienone is 4. The van der Waals surface area contributed by atoms with Gasteiger partial charge in [0.15, 0.2) is 0 Å². The van der Waals surface area contributed by atoms with Crippen LogP contribution in [-0.4, -0.2) is 7.05 Å². The molecule has 3 aliphatic carbocycles. The maximum Gasteiger partial charge on any atom is 0.0414 e. The van der Waals surface area contributed by atoms with Crippen molar-refractivity contribution in [1.82, 2.24) is 0 Å². The van der Waals surface area contributed by atoms with Crippen LogP contribution >= 0.6 is 0 Å². The lowest BCUT2D eigenvalue weighted by Crippen LogP contribution is -2.27. The lowest BCUT2D eigenvalue weighted by Gasteiger charge is -2.36. The van der Waals surface area contributed by atoms with E-state index in [2.05, 4.69) is 155 Å². The maximum absolute atomic E-state index is 2.67. The van der Waals surface area contributed by atoms with Crippen molar-refractivity contribution in [3.05, 3.63) is 154 Å². The Morgan fingerprint density at radius 1 is 0.600 bits per heavy atom. The third kappa shape index (κ3) is 7.40. The van der Waals surface area contributed by atoms with E-state index < -0.39 is 0 Å². The van der Waals surface area contributed by atoms with Crippen LogP contribution in [-0.2, 0) is 18.3 Å². The van der Waals surface area contributed by atoms with Crippen LogP contribution in [0.25, 0.3) is 33.4 Å². The fraction of sp³-hybridized carbons (Fsp3) is 0.370. The molecule has 3 aliphatic rings. The average Bonchev–Trinajstić information content (AvgIpc) is 3.47. The summed E-state index contributed by atoms with van der Waals surface area (Å²) in [5, 5.41) is 0. The number of hydrogen-bond acceptors (Lipinski definition) is 1. The van der Waals surface area contributed by atoms with Crippen molar-refractivity contribution < 1.29 is 0 Å². The molecule has 0 radical (unpaired) electrons. The fourth-order valence-electron chi connectivity index (χ4n) is 9.95. The van der Waals surface area contributed by atoms with Crippen molar-refractivity contribution in [3.63, 3.8) is 0 Å². The topological polar surface area (TPSA) is 3.24 Å². The minimum absolute atomic E-state index is 0.0671. The number of nitrogens with zero attached hydrogens (tertiary/aromatic N) is 1. The van der Waals surface area contributed by atoms with Gasteiger partial charge in [-0.3, -0.25) is 0 Å². The van der Waals surface area contributed by atoms with E-state index in [-0.39, 0.29) is 5.41 Å². The minimum Gasteiger partial charge on any atom is -0.345 e. The smallest absolute Gasteiger partial charge is 0.0414 e. The normalized spacial score (nSPS) is 16.6. The van der Waals surface area contributed by atoms with E-state index in [4.69, 9.17) is 0 Å². The summed E-state index contributed by atoms with van der Waals surface area (Å²) in [6, 6.07) is 42.1. The first kappa shape index (κ1) is 37.3. The van der Waals surface area contributed by atoms with Crippen molar-refractivity contribution >= 4 is 22.5 Å². The predicted octanol–water partition coefficient (Wildman–Crippen LogP) is 15.3. The van der Waals surface area contributed by atoms with Gasteiger partial charge >= 0.3 is 0 Å². The van der Waals surface area contributed by atoms with Crippen LogP contribution < -0.4 is 4.90 Å². The van der Waals surface area contributed by atoms with Crippen LogP contribution in [0.2, 0.25) is 0 Å². The first-order valence-electron chi connectivity index (χ1n) is 21.6. The molecule has 1 nitrogen and oxygen atoms in total. The second-order valence-corrected chi connectivity index (χ2v) is 17.1. The fourth-order valence-corrected chi connectivity index (χ4v) is 9.95. The zero-order chi connectivity index (χ0) is 37.9. The molecule has 8 rings (SSSR count). The molecule has 0 fully saturated rings. The standard InChI is InChI=1S/C54H61N/c1-6-8-10-12-31-54(32-13-11-9-7-2)51-36-46(27-30-50(51)53-39(4)33-47(37-52(53)54)42-19-17-38(3)18-20-42)41-25-28-48(29-26-41)55(5)49-16-14-15-43(35-49)45-24-22-40-21-23-44(40)34-45/h14-20,22,24-30,34-37,39H,6-13,21,23,31-33H2,1-5H3. The van der Waals surface area contributed by atoms with Gasteiger partial charge in [0, 0.05) is 23.8 Å². The van der Waals surface area contributed by atoms with Gasteiger partial charge in [0.25, 0.3) is 0 Å². The highest BCUT2D eigenvalue weighted by Gasteiger charge is 2.46. The second-order valence-electron chi connectivity index (χ2n) is 17.1. The molecule has 0 amide bonds. The molecule has 282 valence electrons. The van der Waals surface area contributed by atoms with Crippen molar-refractivity contribution in [2.45, 2.75) is 117 Å². The molecular formula is C54H61N. The Hall–Kier alpha value is -4.62. The van der Waals surface area contributed by atoms with Crippen LogP contribution in [0.1, 0.15) is 125 Å². The summed E-state index contributed by atoms with van der Waals surface area (Å²) in [7, 11) is 2.20. The van der Waals surface area contributed by atoms with Gasteiger partial charge in [-0.15, -0.1) is 0 Å². The van der Waals surface area contributed by atoms with Gasteiger partial charge < -0.3 is 4.90 Å². The van der Waals surface area contributed by atoms with Gasteiger partial charge in [0.1, 0.15) is 0 Å². The Balaban J connectivity index is 1.13. The lowest BCUT2D eigenvalue weighted by molar-refractivity contribution is 0.397. The van der Waals surface area contributed by atoms with E-state index in [0.717, 1.165) is 6.42 Å². The molecule has 0 heterocycles. The predicted molar refractivity (Wildman–Crippen MR) is 238 cm³/mol. The summed E-state index contributed by atoms with van der Waals surface area (Å²) in [6.45, 7) is 9.37. The molecule has 5 aromatic carbocycles. The van der Waals surface area contributed by atoms with Crippen molar-refractivity contribution in [2.75, 3.05) is 11.9 Å². The SMILES string of the molecule is CCCCCCC1(CCCCCC)C2=C(c3ccc(-c4ccc(N(C)c5cccc(-c6ccc7c(c6)CC7)c5)cc4)cc31)C(C)CC(c1ccc(C)cc1)=C2. The number of fused-ring (bicyclic) bond motifs is 3. The molecular weight excluding hydrogens is 663 g/mol. The van der Waals surface area contributed by atoms with E-state index in [9.17, 15) is 0 Å². The van der Waals surface area contributed by atoms with Crippen LogP contribution in [0, 0.1) is 12.8 Å². The molecule has 0 aliphatic heterocycles. The number of benzene rings is 5. The van der Waals surface area contributed by atoms with Crippen LogP contribution in [0.15, 0.2) is 121 Å². The molecule has 0 N–H and O–H groups in total. The highest BCUT2D eigenvalue weighted by molar-refractivity contribution is 5.91. The zero-order valence-corrected chi connectivity index (χ0v) is 34.2. The molecule has 0 saturated heterocycles. The maximum atomic E-state index is 2.67. The average molecular weight is 724 g/mol. The molecule has 0 bridgehead atoms. The van der Waals surface area contributed by atoms with Crippen molar-refractivity contribution in [1.29, 1.82) is 0 Å². The Morgan fingerprint density at radius 3 is 1.91 bits per heavy atom. The summed E-state index contributed by atoms with van der Waals surface area (Å²) in [6.07, 6.45) is 19.1. The van der Waals surface area contributed by atoms with Gasteiger partial charge in [-0.05, 0) is 142 Å². The van der Waals surface area contributed by atoms with Gasteiger partial charge in [0.05, 0.1) is 0 Å². The van der Waals surface area contributed by atoms with Gasteiger partial charge in [0.2, 0.25) is 0 Å². The molecule has 1 heteroatoms. The summed E-state index contributed by atoms with van der Waals surface area (Å²) in [5.41, 5.74) is 21.4. The Bertz CT molecular complexity index is 2180. The first-order chi connectivity index (χ1) is 26.9. The van der Waals surface area contributed by atoms with E-state index in [0.29, 0.717) is 5.92 Å². The van der Waals surface area contributed by atoms with Gasteiger partial charge in [-0.25, -0.2) is 0 Å². The number of aryl methyl sites for hydroxylation is 3. The molecule has 0 spiro atoms. The summed E-state index contributed by atoms with van der Waals surface area (Å²) < 4.78 is 0. The third-order valence-electron chi connectivity index (χ3n) is 13.3. The Labute approximate surface area is 332 Å². The van der Waals surface area contributed by atoms with Crippen molar-refractivity contribution in [3.8, 4) is 22.3 Å². The highest BCUT2D eigenvalue weighted by Crippen LogP contribution is 2.58. The van der Waals surface area contributed by atoms with E-state index in [1.807, 2.05) is 0 Å². The summed E-state index contributed by atoms with van der Waals surface area (Å²) >= 11 is 0. The van der Waals surface area contributed by atoms with E-state index in [1.54, 1.807) is 16.7 Å². The van der Waals surface area contributed by atoms with E-state index in [1.165, 1.54) is 144 Å². The molecule has 55 heavy (non-hydrogen) atoms. The molecule has 5 aromatic rings. The molecule has 1 atom stereocenters. The minimum atomic E-state index is 0.0671. The summed E-state index contributed by atoms with van der Waals surface area (Å²) in [5.74, 6) is 0.501. The highest BCUT2D eigenvalue weighted by atomic mass is 15.1. The first-order valence-corrected chi connectivity index (χ1v) is 21.6. The Kier molecular flexibility index (Phi) is 11.0. The number of anilines is 2. The largest absolute Gasteiger partial charge is 0.345 e. The monoisotopic (exact) mass is 723 g/mol. The quantitative estimate of drug-likeness (QED) is 0.0972. The molecule has 1 unspecified atom stereocenters. The van der Waals surface area contributed by atoms with Crippen LogP contribution in [0.4, 0.5) is 11.4 Å². The lowest BCUT2D eigenvalue weighted by atomic mass is 9.67. The van der Waals surface area contributed by atoms with Gasteiger partial charge in [-0.1, -0.05) is 163 Å². The van der Waals surface area contributed by atoms with Crippen molar-refractivity contribution in [2.24, 2.45) is 5.92 Å². The number of hydrogen-bond donors (Lipinski definition) is 0. The molecule has 0 saturated carbocycles. The summed E-state index contributed by atoms with van der Waals surface area (Å²) in [4.78, 5) is 2.33. The Morgan fingerprint density at radius 2 is 1.24 bits per heavy atom. The second kappa shape index (κ2) is 16.2. The van der Waals surface area contributed by atoms with E-state index >= 15 is 0 Å². The van der Waals surface area contributed by atoms with Crippen LogP contribution in [0.3, 0.4) is 0 Å².